The SMILES string of the molecule is C=C1CC[C@]2(C)CC[C@]3(C)C(CC[C@@H]4[C@@]5(C)CC[C@H](O)C(C)(C)C5CC[C@]43C)[C@H]2[C@@H]1C. The van der Waals surface area contributed by atoms with Crippen LogP contribution in [0.1, 0.15) is 113 Å². The third kappa shape index (κ3) is 2.65. The summed E-state index contributed by atoms with van der Waals surface area (Å²) >= 11 is 0. The molecule has 0 aromatic carbocycles. The molecule has 0 aromatic heterocycles. The van der Waals surface area contributed by atoms with Crippen LogP contribution in [0.3, 0.4) is 0 Å². The van der Waals surface area contributed by atoms with E-state index in [2.05, 4.69) is 55.0 Å². The van der Waals surface area contributed by atoms with Crippen LogP contribution in [0.15, 0.2) is 12.2 Å². The first-order valence-electron chi connectivity index (χ1n) is 13.7. The van der Waals surface area contributed by atoms with Crippen LogP contribution in [0, 0.1) is 56.7 Å². The highest BCUT2D eigenvalue weighted by molar-refractivity contribution is 5.21. The summed E-state index contributed by atoms with van der Waals surface area (Å²) in [7, 11) is 0. The van der Waals surface area contributed by atoms with E-state index >= 15 is 0 Å². The summed E-state index contributed by atoms with van der Waals surface area (Å²) in [6.07, 6.45) is 13.2. The summed E-state index contributed by atoms with van der Waals surface area (Å²) in [5, 5.41) is 10.9. The van der Waals surface area contributed by atoms with Gasteiger partial charge in [0.2, 0.25) is 0 Å². The highest BCUT2D eigenvalue weighted by Crippen LogP contribution is 2.76. The Morgan fingerprint density at radius 3 is 2.19 bits per heavy atom. The van der Waals surface area contributed by atoms with E-state index < -0.39 is 0 Å². The summed E-state index contributed by atoms with van der Waals surface area (Å²) in [4.78, 5) is 0. The molecular formula is C30H50O. The quantitative estimate of drug-likeness (QED) is 0.389. The van der Waals surface area contributed by atoms with Crippen LogP contribution in [-0.2, 0) is 0 Å². The maximum absolute atomic E-state index is 10.9. The molecule has 2 unspecified atom stereocenters. The van der Waals surface area contributed by atoms with Crippen molar-refractivity contribution in [3.05, 3.63) is 12.2 Å². The molecule has 5 saturated carbocycles. The number of allylic oxidation sites excluding steroid dienone is 1. The van der Waals surface area contributed by atoms with Gasteiger partial charge in [-0.3, -0.25) is 0 Å². The van der Waals surface area contributed by atoms with Gasteiger partial charge >= 0.3 is 0 Å². The molecule has 0 heterocycles. The first kappa shape index (κ1) is 22.5. The number of hydrogen-bond acceptors (Lipinski definition) is 1. The molecule has 31 heavy (non-hydrogen) atoms. The highest BCUT2D eigenvalue weighted by atomic mass is 16.3. The topological polar surface area (TPSA) is 20.2 Å². The largest absolute Gasteiger partial charge is 0.393 e. The van der Waals surface area contributed by atoms with Gasteiger partial charge in [0.25, 0.3) is 0 Å². The number of aliphatic hydroxyl groups excluding tert-OH is 1. The molecular weight excluding hydrogens is 376 g/mol. The summed E-state index contributed by atoms with van der Waals surface area (Å²) < 4.78 is 0. The standard InChI is InChI=1S/C30H50O/c1-19-11-14-27(5)17-18-29(7)21(25(27)20(19)2)9-10-23-28(6)15-13-24(31)26(3,4)22(28)12-16-30(23,29)8/h20-25,31H,1,9-18H2,2-8H3/t20-,21?,22?,23-,24+,25-,27-,28+,29-,30-/m1/s1. The third-order valence-corrected chi connectivity index (χ3v) is 13.6. The molecule has 0 aliphatic heterocycles. The van der Waals surface area contributed by atoms with E-state index in [9.17, 15) is 5.11 Å². The number of aliphatic hydroxyl groups is 1. The lowest BCUT2D eigenvalue weighted by molar-refractivity contribution is -0.251. The minimum Gasteiger partial charge on any atom is -0.393 e. The molecule has 10 atom stereocenters. The van der Waals surface area contributed by atoms with Gasteiger partial charge in [-0.2, -0.15) is 0 Å². The minimum absolute atomic E-state index is 0.0623. The zero-order valence-corrected chi connectivity index (χ0v) is 21.7. The number of hydrogen-bond donors (Lipinski definition) is 1. The van der Waals surface area contributed by atoms with Gasteiger partial charge in [0.1, 0.15) is 0 Å². The van der Waals surface area contributed by atoms with Crippen molar-refractivity contribution in [3.8, 4) is 0 Å². The van der Waals surface area contributed by atoms with Crippen LogP contribution < -0.4 is 0 Å². The fourth-order valence-electron chi connectivity index (χ4n) is 11.4. The zero-order chi connectivity index (χ0) is 22.6. The smallest absolute Gasteiger partial charge is 0.0594 e. The van der Waals surface area contributed by atoms with Crippen LogP contribution in [-0.4, -0.2) is 11.2 Å². The first-order chi connectivity index (χ1) is 14.3. The van der Waals surface area contributed by atoms with E-state index in [4.69, 9.17) is 0 Å². The van der Waals surface area contributed by atoms with Crippen LogP contribution in [0.25, 0.3) is 0 Å². The van der Waals surface area contributed by atoms with E-state index in [-0.39, 0.29) is 11.5 Å². The van der Waals surface area contributed by atoms with Gasteiger partial charge < -0.3 is 5.11 Å². The van der Waals surface area contributed by atoms with Gasteiger partial charge in [-0.1, -0.05) is 60.6 Å². The fraction of sp³-hybridized carbons (Fsp3) is 0.933. The molecule has 0 bridgehead atoms. The van der Waals surface area contributed by atoms with E-state index in [1.807, 2.05) is 0 Å². The maximum Gasteiger partial charge on any atom is 0.0594 e. The lowest BCUT2D eigenvalue weighted by Gasteiger charge is -2.73. The number of rotatable bonds is 0. The molecule has 1 heteroatoms. The van der Waals surface area contributed by atoms with Crippen molar-refractivity contribution < 1.29 is 5.11 Å². The van der Waals surface area contributed by atoms with Gasteiger partial charge in [-0.05, 0) is 121 Å². The Hall–Kier alpha value is -0.300. The highest BCUT2D eigenvalue weighted by Gasteiger charge is 2.69. The predicted molar refractivity (Wildman–Crippen MR) is 131 cm³/mol. The number of fused-ring (bicyclic) bond motifs is 7. The zero-order valence-electron chi connectivity index (χ0n) is 21.7. The van der Waals surface area contributed by atoms with Crippen molar-refractivity contribution in [2.75, 3.05) is 0 Å². The molecule has 5 fully saturated rings. The Balaban J connectivity index is 1.54. The van der Waals surface area contributed by atoms with Crippen LogP contribution in [0.2, 0.25) is 0 Å². The molecule has 0 aromatic rings. The van der Waals surface area contributed by atoms with Gasteiger partial charge in [0.05, 0.1) is 6.10 Å². The van der Waals surface area contributed by atoms with Crippen molar-refractivity contribution in [1.82, 2.24) is 0 Å². The second-order valence-corrected chi connectivity index (χ2v) is 14.7. The van der Waals surface area contributed by atoms with Gasteiger partial charge in [0, 0.05) is 0 Å². The van der Waals surface area contributed by atoms with E-state index in [1.165, 1.54) is 63.4 Å². The Bertz CT molecular complexity index is 766. The van der Waals surface area contributed by atoms with Crippen molar-refractivity contribution in [1.29, 1.82) is 0 Å². The van der Waals surface area contributed by atoms with Crippen molar-refractivity contribution in [3.63, 3.8) is 0 Å². The minimum atomic E-state index is -0.119. The Labute approximate surface area is 192 Å². The van der Waals surface area contributed by atoms with Gasteiger partial charge in [0.15, 0.2) is 0 Å². The second-order valence-electron chi connectivity index (χ2n) is 14.7. The van der Waals surface area contributed by atoms with Crippen molar-refractivity contribution >= 4 is 0 Å². The summed E-state index contributed by atoms with van der Waals surface area (Å²) in [5.41, 5.74) is 3.43. The summed E-state index contributed by atoms with van der Waals surface area (Å²) in [5.74, 6) is 3.88. The molecule has 5 aliphatic rings. The van der Waals surface area contributed by atoms with Crippen LogP contribution >= 0.6 is 0 Å². The van der Waals surface area contributed by atoms with E-state index in [0.29, 0.717) is 33.5 Å². The maximum atomic E-state index is 10.9. The second kappa shape index (κ2) is 6.64. The van der Waals surface area contributed by atoms with Gasteiger partial charge in [-0.25, -0.2) is 0 Å². The Kier molecular flexibility index (Phi) is 4.82. The van der Waals surface area contributed by atoms with E-state index in [0.717, 1.165) is 24.2 Å². The Morgan fingerprint density at radius 2 is 1.48 bits per heavy atom. The van der Waals surface area contributed by atoms with Crippen molar-refractivity contribution in [2.45, 2.75) is 119 Å². The molecule has 1 nitrogen and oxygen atoms in total. The molecule has 1 N–H and O–H groups in total. The lowest BCUT2D eigenvalue weighted by Crippen LogP contribution is -2.67. The average Bonchev–Trinajstić information content (AvgIpc) is 2.69. The predicted octanol–water partition coefficient (Wildman–Crippen LogP) is 8.02. The Morgan fingerprint density at radius 1 is 0.774 bits per heavy atom. The fourth-order valence-corrected chi connectivity index (χ4v) is 11.4. The van der Waals surface area contributed by atoms with Crippen LogP contribution in [0.5, 0.6) is 0 Å². The average molecular weight is 427 g/mol. The summed E-state index contributed by atoms with van der Waals surface area (Å²) in [6, 6.07) is 0. The monoisotopic (exact) mass is 426 g/mol. The van der Waals surface area contributed by atoms with Crippen molar-refractivity contribution in [2.24, 2.45) is 56.7 Å². The first-order valence-corrected chi connectivity index (χ1v) is 13.7. The van der Waals surface area contributed by atoms with Crippen LogP contribution in [0.4, 0.5) is 0 Å². The third-order valence-electron chi connectivity index (χ3n) is 13.6. The molecule has 5 aliphatic carbocycles. The normalized spacial score (nSPS) is 58.5. The molecule has 0 spiro atoms. The lowest BCUT2D eigenvalue weighted by atomic mass is 9.31. The molecule has 176 valence electrons. The molecule has 0 amide bonds. The van der Waals surface area contributed by atoms with Gasteiger partial charge in [-0.15, -0.1) is 0 Å². The van der Waals surface area contributed by atoms with E-state index in [1.54, 1.807) is 0 Å². The molecule has 0 radical (unpaired) electrons. The summed E-state index contributed by atoms with van der Waals surface area (Å²) in [6.45, 7) is 22.6. The molecule has 0 saturated heterocycles. The molecule has 5 rings (SSSR count).